The topological polar surface area (TPSA) is 58.2 Å². The van der Waals surface area contributed by atoms with Crippen LogP contribution in [0.25, 0.3) is 11.1 Å². The second-order valence-corrected chi connectivity index (χ2v) is 6.79. The Labute approximate surface area is 169 Å². The molecule has 3 aromatic rings. The molecular weight excluding hydrogens is 372 g/mol. The Morgan fingerprint density at radius 3 is 2.00 bits per heavy atom. The summed E-state index contributed by atoms with van der Waals surface area (Å²) in [7, 11) is 0. The van der Waals surface area contributed by atoms with Crippen molar-refractivity contribution in [2.45, 2.75) is 6.42 Å². The zero-order valence-electron chi connectivity index (χ0n) is 15.3. The third-order valence-electron chi connectivity index (χ3n) is 4.26. The standard InChI is InChI=1S/C23H21ClN2O2/c24-21-12-6-17(7-13-21)16-22(27)25-14-15-26-23(28)20-10-8-19(9-11-20)18-4-2-1-3-5-18/h1-13H,14-16H2,(H,25,27)(H,26,28). The highest BCUT2D eigenvalue weighted by Crippen LogP contribution is 2.19. The molecule has 5 heteroatoms. The molecule has 0 heterocycles. The van der Waals surface area contributed by atoms with Gasteiger partial charge < -0.3 is 10.6 Å². The quantitative estimate of drug-likeness (QED) is 0.595. The fourth-order valence-corrected chi connectivity index (χ4v) is 2.90. The SMILES string of the molecule is O=C(Cc1ccc(Cl)cc1)NCCNC(=O)c1ccc(-c2ccccc2)cc1. The molecule has 28 heavy (non-hydrogen) atoms. The first-order valence-electron chi connectivity index (χ1n) is 9.06. The molecule has 0 atom stereocenters. The minimum atomic E-state index is -0.161. The zero-order valence-corrected chi connectivity index (χ0v) is 16.1. The van der Waals surface area contributed by atoms with Gasteiger partial charge in [-0.15, -0.1) is 0 Å². The first-order chi connectivity index (χ1) is 13.6. The third-order valence-corrected chi connectivity index (χ3v) is 4.52. The van der Waals surface area contributed by atoms with Crippen LogP contribution >= 0.6 is 11.6 Å². The summed E-state index contributed by atoms with van der Waals surface area (Å²) in [6, 6.07) is 24.6. The van der Waals surface area contributed by atoms with Gasteiger partial charge in [-0.05, 0) is 41.0 Å². The maximum Gasteiger partial charge on any atom is 0.251 e. The summed E-state index contributed by atoms with van der Waals surface area (Å²) in [4.78, 5) is 24.2. The van der Waals surface area contributed by atoms with Crippen LogP contribution in [0, 0.1) is 0 Å². The number of carbonyl (C=O) groups is 2. The van der Waals surface area contributed by atoms with Crippen LogP contribution in [-0.4, -0.2) is 24.9 Å². The molecule has 0 unspecified atom stereocenters. The summed E-state index contributed by atoms with van der Waals surface area (Å²) in [6.45, 7) is 0.742. The van der Waals surface area contributed by atoms with Crippen molar-refractivity contribution >= 4 is 23.4 Å². The maximum atomic E-state index is 12.2. The number of rotatable bonds is 7. The average Bonchev–Trinajstić information content (AvgIpc) is 2.73. The Morgan fingerprint density at radius 1 is 0.714 bits per heavy atom. The van der Waals surface area contributed by atoms with Crippen LogP contribution in [0.1, 0.15) is 15.9 Å². The van der Waals surface area contributed by atoms with Gasteiger partial charge in [-0.25, -0.2) is 0 Å². The summed E-state index contributed by atoms with van der Waals surface area (Å²) < 4.78 is 0. The second kappa shape index (κ2) is 9.72. The fourth-order valence-electron chi connectivity index (χ4n) is 2.77. The van der Waals surface area contributed by atoms with E-state index in [0.717, 1.165) is 16.7 Å². The van der Waals surface area contributed by atoms with Gasteiger partial charge in [0.1, 0.15) is 0 Å². The van der Waals surface area contributed by atoms with E-state index in [4.69, 9.17) is 11.6 Å². The lowest BCUT2D eigenvalue weighted by atomic mass is 10.0. The number of nitrogens with one attached hydrogen (secondary N) is 2. The number of amides is 2. The molecule has 0 saturated carbocycles. The smallest absolute Gasteiger partial charge is 0.251 e. The van der Waals surface area contributed by atoms with Crippen LogP contribution in [0.4, 0.5) is 0 Å². The van der Waals surface area contributed by atoms with E-state index in [2.05, 4.69) is 10.6 Å². The minimum absolute atomic E-state index is 0.0937. The molecule has 0 aromatic heterocycles. The fraction of sp³-hybridized carbons (Fsp3) is 0.130. The minimum Gasteiger partial charge on any atom is -0.354 e. The van der Waals surface area contributed by atoms with E-state index in [9.17, 15) is 9.59 Å². The van der Waals surface area contributed by atoms with E-state index in [1.54, 1.807) is 24.3 Å². The Kier molecular flexibility index (Phi) is 6.82. The highest BCUT2D eigenvalue weighted by molar-refractivity contribution is 6.30. The van der Waals surface area contributed by atoms with E-state index in [-0.39, 0.29) is 18.2 Å². The van der Waals surface area contributed by atoms with Crippen molar-refractivity contribution < 1.29 is 9.59 Å². The number of hydrogen-bond donors (Lipinski definition) is 2. The zero-order chi connectivity index (χ0) is 19.8. The Balaban J connectivity index is 1.41. The van der Waals surface area contributed by atoms with Gasteiger partial charge in [0.15, 0.2) is 0 Å². The van der Waals surface area contributed by atoms with E-state index in [1.165, 1.54) is 0 Å². The van der Waals surface area contributed by atoms with Gasteiger partial charge in [0, 0.05) is 23.7 Å². The summed E-state index contributed by atoms with van der Waals surface area (Å²) in [6.07, 6.45) is 0.284. The predicted octanol–water partition coefficient (Wildman–Crippen LogP) is 4.10. The van der Waals surface area contributed by atoms with Gasteiger partial charge in [0.2, 0.25) is 5.91 Å². The van der Waals surface area contributed by atoms with Crippen LogP contribution in [0.2, 0.25) is 5.02 Å². The highest BCUT2D eigenvalue weighted by Gasteiger charge is 2.07. The van der Waals surface area contributed by atoms with E-state index >= 15 is 0 Å². The van der Waals surface area contributed by atoms with Gasteiger partial charge in [-0.2, -0.15) is 0 Å². The first kappa shape index (κ1) is 19.6. The molecule has 0 aliphatic rings. The Bertz CT molecular complexity index is 923. The van der Waals surface area contributed by atoms with E-state index in [0.29, 0.717) is 23.7 Å². The van der Waals surface area contributed by atoms with E-state index < -0.39 is 0 Å². The van der Waals surface area contributed by atoms with Crippen molar-refractivity contribution in [1.82, 2.24) is 10.6 Å². The highest BCUT2D eigenvalue weighted by atomic mass is 35.5. The Hall–Kier alpha value is -3.11. The molecule has 2 N–H and O–H groups in total. The third kappa shape index (κ3) is 5.69. The lowest BCUT2D eigenvalue weighted by Crippen LogP contribution is -2.35. The summed E-state index contributed by atoms with van der Waals surface area (Å²) >= 11 is 5.83. The molecule has 0 fully saturated rings. The molecular formula is C23H21ClN2O2. The van der Waals surface area contributed by atoms with Gasteiger partial charge in [-0.1, -0.05) is 66.2 Å². The summed E-state index contributed by atoms with van der Waals surface area (Å²) in [5.41, 5.74) is 3.65. The van der Waals surface area contributed by atoms with Crippen molar-refractivity contribution in [1.29, 1.82) is 0 Å². The van der Waals surface area contributed by atoms with Crippen molar-refractivity contribution in [3.8, 4) is 11.1 Å². The van der Waals surface area contributed by atoms with Crippen molar-refractivity contribution in [2.75, 3.05) is 13.1 Å². The average molecular weight is 393 g/mol. The normalized spacial score (nSPS) is 10.3. The predicted molar refractivity (Wildman–Crippen MR) is 112 cm³/mol. The number of hydrogen-bond acceptors (Lipinski definition) is 2. The molecule has 0 saturated heterocycles. The lowest BCUT2D eigenvalue weighted by molar-refractivity contribution is -0.120. The molecule has 0 spiro atoms. The molecule has 4 nitrogen and oxygen atoms in total. The number of carbonyl (C=O) groups excluding carboxylic acids is 2. The first-order valence-corrected chi connectivity index (χ1v) is 9.44. The van der Waals surface area contributed by atoms with E-state index in [1.807, 2.05) is 54.6 Å². The molecule has 3 aromatic carbocycles. The summed E-state index contributed by atoms with van der Waals surface area (Å²) in [5.74, 6) is -0.254. The van der Waals surface area contributed by atoms with Crippen LogP contribution in [-0.2, 0) is 11.2 Å². The van der Waals surface area contributed by atoms with Gasteiger partial charge in [0.05, 0.1) is 6.42 Å². The Morgan fingerprint density at radius 2 is 1.32 bits per heavy atom. The largest absolute Gasteiger partial charge is 0.354 e. The number of halogens is 1. The number of benzene rings is 3. The van der Waals surface area contributed by atoms with Crippen LogP contribution < -0.4 is 10.6 Å². The van der Waals surface area contributed by atoms with Gasteiger partial charge in [0.25, 0.3) is 5.91 Å². The van der Waals surface area contributed by atoms with Crippen LogP contribution in [0.3, 0.4) is 0 Å². The molecule has 0 aliphatic carbocycles. The van der Waals surface area contributed by atoms with Gasteiger partial charge in [-0.3, -0.25) is 9.59 Å². The molecule has 0 bridgehead atoms. The van der Waals surface area contributed by atoms with Crippen LogP contribution in [0.15, 0.2) is 78.9 Å². The van der Waals surface area contributed by atoms with Gasteiger partial charge >= 0.3 is 0 Å². The lowest BCUT2D eigenvalue weighted by Gasteiger charge is -2.08. The van der Waals surface area contributed by atoms with Crippen molar-refractivity contribution in [2.24, 2.45) is 0 Å². The molecule has 142 valence electrons. The van der Waals surface area contributed by atoms with Crippen LogP contribution in [0.5, 0.6) is 0 Å². The molecule has 0 aliphatic heterocycles. The summed E-state index contributed by atoms with van der Waals surface area (Å²) in [5, 5.41) is 6.25. The maximum absolute atomic E-state index is 12.2. The molecule has 3 rings (SSSR count). The molecule has 0 radical (unpaired) electrons. The van der Waals surface area contributed by atoms with Crippen molar-refractivity contribution in [3.63, 3.8) is 0 Å². The monoisotopic (exact) mass is 392 g/mol. The molecule has 2 amide bonds. The second-order valence-electron chi connectivity index (χ2n) is 6.35. The van der Waals surface area contributed by atoms with Crippen molar-refractivity contribution in [3.05, 3.63) is 95.0 Å².